The summed E-state index contributed by atoms with van der Waals surface area (Å²) in [6, 6.07) is 0. The van der Waals surface area contributed by atoms with Crippen LogP contribution in [0.25, 0.3) is 0 Å². The predicted octanol–water partition coefficient (Wildman–Crippen LogP) is 4.29. The molecule has 0 nitrogen and oxygen atoms in total. The minimum atomic E-state index is 1.50. The van der Waals surface area contributed by atoms with Gasteiger partial charge < -0.3 is 0 Å². The molecule has 0 unspecified atom stereocenters. The third kappa shape index (κ3) is 7.90. The first-order valence-corrected chi connectivity index (χ1v) is 5.50. The molecule has 0 atom stereocenters. The molecular formula is C11H22. The van der Waals surface area contributed by atoms with E-state index in [0.29, 0.717) is 0 Å². The first-order chi connectivity index (χ1) is 5.50. The Bertz CT molecular complexity index is 47.4. The Morgan fingerprint density at radius 2 is 0.273 bits per heavy atom. The maximum Gasteiger partial charge on any atom is -0.0533 e. The molecule has 0 bridgehead atoms. The summed E-state index contributed by atoms with van der Waals surface area (Å²) in [4.78, 5) is 0. The molecule has 0 saturated heterocycles. The lowest BCUT2D eigenvalue weighted by molar-refractivity contribution is 0.504. The Morgan fingerprint density at radius 1 is 0.182 bits per heavy atom. The van der Waals surface area contributed by atoms with Gasteiger partial charge in [0, 0.05) is 0 Å². The van der Waals surface area contributed by atoms with Crippen molar-refractivity contribution in [2.75, 3.05) is 0 Å². The second-order valence-corrected chi connectivity index (χ2v) is 3.89. The largest absolute Gasteiger partial charge is 0.0533 e. The van der Waals surface area contributed by atoms with Crippen LogP contribution >= 0.6 is 0 Å². The van der Waals surface area contributed by atoms with Crippen molar-refractivity contribution in [3.05, 3.63) is 0 Å². The summed E-state index contributed by atoms with van der Waals surface area (Å²) < 4.78 is 0. The van der Waals surface area contributed by atoms with Crippen molar-refractivity contribution >= 4 is 0 Å². The van der Waals surface area contributed by atoms with E-state index in [-0.39, 0.29) is 0 Å². The summed E-state index contributed by atoms with van der Waals surface area (Å²) in [7, 11) is 0. The van der Waals surface area contributed by atoms with Gasteiger partial charge in [-0.25, -0.2) is 0 Å². The molecule has 0 amide bonds. The number of hydrogen-bond donors (Lipinski definition) is 0. The summed E-state index contributed by atoms with van der Waals surface area (Å²) in [6.07, 6.45) is 16.5. The summed E-state index contributed by atoms with van der Waals surface area (Å²) in [5.41, 5.74) is 0. The van der Waals surface area contributed by atoms with Gasteiger partial charge in [0.1, 0.15) is 0 Å². The fraction of sp³-hybridized carbons (Fsp3) is 1.00. The molecule has 3 rings (SSSR count). The molecular weight excluding hydrogens is 132 g/mol. The van der Waals surface area contributed by atoms with E-state index in [0.717, 1.165) is 0 Å². The van der Waals surface area contributed by atoms with E-state index in [9.17, 15) is 0 Å². The molecule has 3 saturated carbocycles. The van der Waals surface area contributed by atoms with Gasteiger partial charge >= 0.3 is 0 Å². The third-order valence-corrected chi connectivity index (χ3v) is 2.35. The lowest BCUT2D eigenvalue weighted by Crippen LogP contribution is -1.85. The molecule has 0 spiro atoms. The highest BCUT2D eigenvalue weighted by molar-refractivity contribution is 4.51. The molecule has 0 aromatic rings. The lowest BCUT2D eigenvalue weighted by Gasteiger charge is -2.05. The van der Waals surface area contributed by atoms with E-state index in [1.165, 1.54) is 70.6 Å². The van der Waals surface area contributed by atoms with Gasteiger partial charge in [-0.05, 0) is 0 Å². The second-order valence-electron chi connectivity index (χ2n) is 3.89. The fourth-order valence-electron chi connectivity index (χ4n) is 0.500. The minimum absolute atomic E-state index is 1.50. The van der Waals surface area contributed by atoms with Gasteiger partial charge in [-0.1, -0.05) is 70.6 Å². The van der Waals surface area contributed by atoms with Crippen molar-refractivity contribution in [3.63, 3.8) is 0 Å². The quantitative estimate of drug-likeness (QED) is 0.488. The molecule has 3 aliphatic carbocycles. The van der Waals surface area contributed by atoms with Crippen molar-refractivity contribution in [2.45, 2.75) is 70.6 Å². The van der Waals surface area contributed by atoms with E-state index >= 15 is 0 Å². The van der Waals surface area contributed by atoms with Gasteiger partial charge in [0.15, 0.2) is 0 Å². The molecule has 0 aromatic heterocycles. The molecule has 0 radical (unpaired) electrons. The summed E-state index contributed by atoms with van der Waals surface area (Å²) >= 11 is 0. The van der Waals surface area contributed by atoms with Crippen LogP contribution in [0.15, 0.2) is 0 Å². The zero-order chi connectivity index (χ0) is 7.78. The SMILES string of the molecule is C1CC1.C1CCC1.C1CCC1. The lowest BCUT2D eigenvalue weighted by atomic mass is 10.0. The van der Waals surface area contributed by atoms with Crippen LogP contribution in [0.2, 0.25) is 0 Å². The monoisotopic (exact) mass is 154 g/mol. The van der Waals surface area contributed by atoms with Crippen LogP contribution in [0.1, 0.15) is 70.6 Å². The highest BCUT2D eigenvalue weighted by atomic mass is 14.0. The molecule has 0 aliphatic heterocycles. The molecule has 3 aliphatic rings. The van der Waals surface area contributed by atoms with Gasteiger partial charge in [0.2, 0.25) is 0 Å². The maximum absolute atomic E-state index is 1.50. The van der Waals surface area contributed by atoms with Crippen LogP contribution in [-0.4, -0.2) is 0 Å². The van der Waals surface area contributed by atoms with E-state index in [1.807, 2.05) is 0 Å². The first kappa shape index (κ1) is 9.09. The van der Waals surface area contributed by atoms with Crippen molar-refractivity contribution in [2.24, 2.45) is 0 Å². The zero-order valence-electron chi connectivity index (χ0n) is 7.78. The van der Waals surface area contributed by atoms with Crippen LogP contribution < -0.4 is 0 Å². The van der Waals surface area contributed by atoms with E-state index in [1.54, 1.807) is 0 Å². The Balaban J connectivity index is 0.0000000835. The van der Waals surface area contributed by atoms with Gasteiger partial charge in [-0.2, -0.15) is 0 Å². The topological polar surface area (TPSA) is 0 Å². The Labute approximate surface area is 71.4 Å². The molecule has 0 heterocycles. The van der Waals surface area contributed by atoms with Crippen LogP contribution in [0, 0.1) is 0 Å². The van der Waals surface area contributed by atoms with Crippen LogP contribution in [-0.2, 0) is 0 Å². The average molecular weight is 154 g/mol. The Kier molecular flexibility index (Phi) is 5.53. The molecule has 0 heteroatoms. The predicted molar refractivity (Wildman–Crippen MR) is 50.8 cm³/mol. The van der Waals surface area contributed by atoms with Gasteiger partial charge in [-0.3, -0.25) is 0 Å². The highest BCUT2D eigenvalue weighted by Crippen LogP contribution is 2.15. The van der Waals surface area contributed by atoms with Crippen LogP contribution in [0.4, 0.5) is 0 Å². The smallest absolute Gasteiger partial charge is 0.0533 e. The molecule has 0 aromatic carbocycles. The average Bonchev–Trinajstić information content (AvgIpc) is 2.26. The van der Waals surface area contributed by atoms with Crippen LogP contribution in [0.5, 0.6) is 0 Å². The van der Waals surface area contributed by atoms with E-state index in [2.05, 4.69) is 0 Å². The number of hydrogen-bond acceptors (Lipinski definition) is 0. The molecule has 3 fully saturated rings. The van der Waals surface area contributed by atoms with Crippen LogP contribution in [0.3, 0.4) is 0 Å². The third-order valence-electron chi connectivity index (χ3n) is 2.35. The first-order valence-electron chi connectivity index (χ1n) is 5.50. The van der Waals surface area contributed by atoms with Gasteiger partial charge in [0.05, 0.1) is 0 Å². The zero-order valence-corrected chi connectivity index (χ0v) is 7.78. The van der Waals surface area contributed by atoms with Gasteiger partial charge in [0.25, 0.3) is 0 Å². The normalized spacial score (nSPS) is 24.0. The Hall–Kier alpha value is 0. The highest BCUT2D eigenvalue weighted by Gasteiger charge is 1.95. The summed E-state index contributed by atoms with van der Waals surface area (Å²) in [6.45, 7) is 0. The molecule has 11 heavy (non-hydrogen) atoms. The van der Waals surface area contributed by atoms with Gasteiger partial charge in [-0.15, -0.1) is 0 Å². The van der Waals surface area contributed by atoms with E-state index in [4.69, 9.17) is 0 Å². The van der Waals surface area contributed by atoms with Crippen molar-refractivity contribution in [1.29, 1.82) is 0 Å². The minimum Gasteiger partial charge on any atom is -0.0533 e. The van der Waals surface area contributed by atoms with E-state index < -0.39 is 0 Å². The van der Waals surface area contributed by atoms with Crippen molar-refractivity contribution in [3.8, 4) is 0 Å². The summed E-state index contributed by atoms with van der Waals surface area (Å²) in [5.74, 6) is 0. The summed E-state index contributed by atoms with van der Waals surface area (Å²) in [5, 5.41) is 0. The molecule has 66 valence electrons. The molecule has 0 N–H and O–H groups in total. The fourth-order valence-corrected chi connectivity index (χ4v) is 0.500. The number of rotatable bonds is 0. The second kappa shape index (κ2) is 6.69. The Morgan fingerprint density at radius 3 is 0.273 bits per heavy atom. The standard InChI is InChI=1S/2C4H8.C3H6/c2*1-2-4-3-1;1-2-3-1/h2*1-4H2;1-3H2. The maximum atomic E-state index is 1.50. The van der Waals surface area contributed by atoms with Crippen molar-refractivity contribution < 1.29 is 0 Å². The van der Waals surface area contributed by atoms with Crippen molar-refractivity contribution in [1.82, 2.24) is 0 Å².